The topological polar surface area (TPSA) is 18.0 Å². The zero-order valence-electron chi connectivity index (χ0n) is 18.6. The number of halogens is 5. The van der Waals surface area contributed by atoms with Crippen molar-refractivity contribution in [2.45, 2.75) is 25.8 Å². The summed E-state index contributed by atoms with van der Waals surface area (Å²) in [5, 5.41) is 2.21. The summed E-state index contributed by atoms with van der Waals surface area (Å²) in [5.74, 6) is -0.246. The number of nitrogens with zero attached hydrogens (tertiary/aromatic N) is 2. The molecule has 0 bridgehead atoms. The van der Waals surface area contributed by atoms with Gasteiger partial charge in [-0.1, -0.05) is 76.7 Å². The molecule has 1 heterocycles. The SMILES string of the molecule is Fc1ccc(C=CC[n+]2ccn(CC(OCc3ccc(Cl)cc3Cl)c3ccc(Cl)cc3Cl)c2)cc1. The van der Waals surface area contributed by atoms with E-state index in [4.69, 9.17) is 51.1 Å². The van der Waals surface area contributed by atoms with E-state index >= 15 is 0 Å². The Bertz CT molecular complexity index is 1320. The molecule has 0 aliphatic heterocycles. The van der Waals surface area contributed by atoms with E-state index in [0.29, 0.717) is 39.8 Å². The number of rotatable bonds is 9. The summed E-state index contributed by atoms with van der Waals surface area (Å²) in [6.07, 6.45) is 9.57. The lowest BCUT2D eigenvalue weighted by atomic mass is 10.1. The van der Waals surface area contributed by atoms with Gasteiger partial charge < -0.3 is 4.74 Å². The minimum absolute atomic E-state index is 0.246. The number of allylic oxidation sites excluding steroid dienone is 1. The molecule has 1 unspecified atom stereocenters. The van der Waals surface area contributed by atoms with Gasteiger partial charge in [0.15, 0.2) is 0 Å². The summed E-state index contributed by atoms with van der Waals surface area (Å²) in [6.45, 7) is 1.49. The van der Waals surface area contributed by atoms with Crippen molar-refractivity contribution in [1.29, 1.82) is 0 Å². The van der Waals surface area contributed by atoms with Crippen LogP contribution in [0.5, 0.6) is 0 Å². The first-order valence-corrected chi connectivity index (χ1v) is 12.4. The molecule has 4 aromatic rings. The number of imidazole rings is 1. The van der Waals surface area contributed by atoms with E-state index in [1.54, 1.807) is 36.4 Å². The summed E-state index contributed by atoms with van der Waals surface area (Å²) >= 11 is 25.0. The first-order chi connectivity index (χ1) is 16.9. The third kappa shape index (κ3) is 7.33. The molecule has 3 nitrogen and oxygen atoms in total. The molecule has 3 aromatic carbocycles. The van der Waals surface area contributed by atoms with Crippen molar-refractivity contribution < 1.29 is 13.7 Å². The van der Waals surface area contributed by atoms with Crippen LogP contribution in [0.1, 0.15) is 22.8 Å². The Kier molecular flexibility index (Phi) is 8.88. The summed E-state index contributed by atoms with van der Waals surface area (Å²) in [6, 6.07) is 17.1. The summed E-state index contributed by atoms with van der Waals surface area (Å²) in [4.78, 5) is 0. The van der Waals surface area contributed by atoms with Gasteiger partial charge in [0.2, 0.25) is 6.33 Å². The summed E-state index contributed by atoms with van der Waals surface area (Å²) in [5.41, 5.74) is 2.61. The van der Waals surface area contributed by atoms with Gasteiger partial charge in [-0.3, -0.25) is 0 Å². The number of ether oxygens (including phenoxy) is 1. The monoisotopic (exact) mass is 549 g/mol. The van der Waals surface area contributed by atoms with Gasteiger partial charge in [0.25, 0.3) is 0 Å². The fourth-order valence-corrected chi connectivity index (χ4v) is 4.56. The normalized spacial score (nSPS) is 12.4. The van der Waals surface area contributed by atoms with E-state index in [-0.39, 0.29) is 11.9 Å². The lowest BCUT2D eigenvalue weighted by Gasteiger charge is -2.19. The number of benzene rings is 3. The first kappa shape index (κ1) is 25.7. The van der Waals surface area contributed by atoms with E-state index < -0.39 is 0 Å². The van der Waals surface area contributed by atoms with Crippen LogP contribution in [0, 0.1) is 5.82 Å². The van der Waals surface area contributed by atoms with Crippen LogP contribution in [-0.2, 0) is 24.4 Å². The van der Waals surface area contributed by atoms with Crippen LogP contribution in [0.3, 0.4) is 0 Å². The third-order valence-corrected chi connectivity index (χ3v) is 6.53. The maximum Gasteiger partial charge on any atom is 0.244 e. The average molecular weight is 551 g/mol. The zero-order valence-corrected chi connectivity index (χ0v) is 21.6. The highest BCUT2D eigenvalue weighted by atomic mass is 35.5. The highest BCUT2D eigenvalue weighted by Gasteiger charge is 2.20. The molecule has 0 aliphatic rings. The molecule has 0 amide bonds. The lowest BCUT2D eigenvalue weighted by Crippen LogP contribution is -2.30. The van der Waals surface area contributed by atoms with Gasteiger partial charge in [0, 0.05) is 25.7 Å². The molecule has 4 rings (SSSR count). The van der Waals surface area contributed by atoms with Crippen molar-refractivity contribution in [1.82, 2.24) is 4.57 Å². The lowest BCUT2D eigenvalue weighted by molar-refractivity contribution is -0.686. The molecule has 180 valence electrons. The van der Waals surface area contributed by atoms with E-state index in [1.807, 2.05) is 52.1 Å². The van der Waals surface area contributed by atoms with E-state index in [1.165, 1.54) is 12.1 Å². The van der Waals surface area contributed by atoms with Gasteiger partial charge in [0.05, 0.1) is 6.61 Å². The van der Waals surface area contributed by atoms with E-state index in [0.717, 1.165) is 16.7 Å². The smallest absolute Gasteiger partial charge is 0.244 e. The van der Waals surface area contributed by atoms with Crippen molar-refractivity contribution in [3.05, 3.63) is 128 Å². The molecule has 8 heteroatoms. The van der Waals surface area contributed by atoms with Crippen molar-refractivity contribution in [3.63, 3.8) is 0 Å². The number of hydrogen-bond donors (Lipinski definition) is 0. The number of aromatic nitrogens is 2. The average Bonchev–Trinajstić information content (AvgIpc) is 3.26. The second kappa shape index (κ2) is 12.1. The van der Waals surface area contributed by atoms with Crippen LogP contribution in [0.15, 0.2) is 85.5 Å². The van der Waals surface area contributed by atoms with Gasteiger partial charge in [-0.25, -0.2) is 13.5 Å². The molecular weight excluding hydrogens is 529 g/mol. The Hall–Kier alpha value is -2.34. The molecule has 0 spiro atoms. The highest BCUT2D eigenvalue weighted by molar-refractivity contribution is 6.35. The van der Waals surface area contributed by atoms with Gasteiger partial charge >= 0.3 is 0 Å². The van der Waals surface area contributed by atoms with Gasteiger partial charge in [-0.05, 0) is 53.6 Å². The highest BCUT2D eigenvalue weighted by Crippen LogP contribution is 2.31. The van der Waals surface area contributed by atoms with Crippen LogP contribution in [-0.4, -0.2) is 4.57 Å². The minimum atomic E-state index is -0.345. The van der Waals surface area contributed by atoms with Crippen LogP contribution in [0.4, 0.5) is 4.39 Å². The molecular formula is C27H22Cl4FN2O+. The van der Waals surface area contributed by atoms with Gasteiger partial charge in [0.1, 0.15) is 37.4 Å². The predicted molar refractivity (Wildman–Crippen MR) is 141 cm³/mol. The summed E-state index contributed by atoms with van der Waals surface area (Å²) < 4.78 is 23.4. The molecule has 0 saturated carbocycles. The van der Waals surface area contributed by atoms with Crippen molar-refractivity contribution in [3.8, 4) is 0 Å². The molecule has 0 saturated heterocycles. The van der Waals surface area contributed by atoms with Crippen LogP contribution < -0.4 is 4.57 Å². The maximum absolute atomic E-state index is 13.1. The zero-order chi connectivity index (χ0) is 24.8. The van der Waals surface area contributed by atoms with Gasteiger partial charge in [-0.15, -0.1) is 0 Å². The maximum atomic E-state index is 13.1. The molecule has 35 heavy (non-hydrogen) atoms. The quantitative estimate of drug-likeness (QED) is 0.192. The second-order valence-electron chi connectivity index (χ2n) is 7.96. The Labute approximate surface area is 223 Å². The Balaban J connectivity index is 1.47. The fraction of sp³-hybridized carbons (Fsp3) is 0.148. The Morgan fingerprint density at radius 1 is 0.914 bits per heavy atom. The van der Waals surface area contributed by atoms with Gasteiger partial charge in [-0.2, -0.15) is 0 Å². The van der Waals surface area contributed by atoms with Crippen LogP contribution >= 0.6 is 46.4 Å². The molecule has 0 fully saturated rings. The largest absolute Gasteiger partial charge is 0.365 e. The van der Waals surface area contributed by atoms with Crippen molar-refractivity contribution in [2.75, 3.05) is 0 Å². The van der Waals surface area contributed by atoms with Crippen LogP contribution in [0.25, 0.3) is 6.08 Å². The standard InChI is InChI=1S/C27H22Cl4FN2O/c28-21-6-5-20(25(30)14-21)17-35-27(24-10-7-22(29)15-26(24)31)16-34-13-12-33(18-34)11-1-2-19-3-8-23(32)9-4-19/h1-10,12-15,18,27H,11,16-17H2/q+1. The predicted octanol–water partition coefficient (Wildman–Crippen LogP) is 8.20. The fourth-order valence-electron chi connectivity index (χ4n) is 3.56. The third-order valence-electron chi connectivity index (χ3n) is 5.38. The molecule has 0 N–H and O–H groups in total. The minimum Gasteiger partial charge on any atom is -0.365 e. The van der Waals surface area contributed by atoms with Crippen molar-refractivity contribution in [2.24, 2.45) is 0 Å². The molecule has 1 aromatic heterocycles. The number of hydrogen-bond acceptors (Lipinski definition) is 1. The Morgan fingerprint density at radius 3 is 2.34 bits per heavy atom. The first-order valence-electron chi connectivity index (χ1n) is 10.8. The van der Waals surface area contributed by atoms with E-state index in [9.17, 15) is 4.39 Å². The molecule has 1 atom stereocenters. The summed E-state index contributed by atoms with van der Waals surface area (Å²) in [7, 11) is 0. The molecule has 0 radical (unpaired) electrons. The van der Waals surface area contributed by atoms with Crippen molar-refractivity contribution >= 4 is 52.5 Å². The van der Waals surface area contributed by atoms with Crippen LogP contribution in [0.2, 0.25) is 20.1 Å². The van der Waals surface area contributed by atoms with E-state index in [2.05, 4.69) is 0 Å². The Morgan fingerprint density at radius 2 is 1.63 bits per heavy atom. The molecule has 0 aliphatic carbocycles. The second-order valence-corrected chi connectivity index (χ2v) is 9.65.